The summed E-state index contributed by atoms with van der Waals surface area (Å²) < 4.78 is 30.0. The van der Waals surface area contributed by atoms with Crippen molar-refractivity contribution in [3.8, 4) is 5.75 Å². The molecular weight excluding hydrogens is 274 g/mol. The van der Waals surface area contributed by atoms with Gasteiger partial charge in [-0.3, -0.25) is 0 Å². The van der Waals surface area contributed by atoms with E-state index in [1.165, 1.54) is 0 Å². The number of hydrogen-bond donors (Lipinski definition) is 1. The summed E-state index contributed by atoms with van der Waals surface area (Å²) in [6, 6.07) is 5.21. The van der Waals surface area contributed by atoms with Crippen LogP contribution in [-0.2, 0) is 16.3 Å². The lowest BCUT2D eigenvalue weighted by molar-refractivity contribution is 0.414. The van der Waals surface area contributed by atoms with Crippen molar-refractivity contribution in [3.05, 3.63) is 29.3 Å². The summed E-state index contributed by atoms with van der Waals surface area (Å²) in [5, 5.41) is -0.485. The Morgan fingerprint density at radius 3 is 2.75 bits per heavy atom. The molecule has 0 radical (unpaired) electrons. The van der Waals surface area contributed by atoms with Crippen molar-refractivity contribution in [2.45, 2.75) is 43.9 Å². The van der Waals surface area contributed by atoms with Crippen molar-refractivity contribution >= 4 is 9.84 Å². The lowest BCUT2D eigenvalue weighted by atomic mass is 10.1. The zero-order valence-corrected chi connectivity index (χ0v) is 12.9. The molecule has 0 bridgehead atoms. The van der Waals surface area contributed by atoms with Crippen molar-refractivity contribution in [1.82, 2.24) is 0 Å². The van der Waals surface area contributed by atoms with Gasteiger partial charge in [0.05, 0.1) is 18.1 Å². The highest BCUT2D eigenvalue weighted by molar-refractivity contribution is 7.92. The number of unbranched alkanes of at least 4 members (excludes halogenated alkanes) is 2. The van der Waals surface area contributed by atoms with Crippen LogP contribution in [-0.4, -0.2) is 26.5 Å². The summed E-state index contributed by atoms with van der Waals surface area (Å²) >= 11 is 0. The number of sulfone groups is 1. The number of methoxy groups -OCH3 is 1. The summed E-state index contributed by atoms with van der Waals surface area (Å²) in [5.74, 6) is 0.966. The molecule has 0 spiro atoms. The predicted octanol–water partition coefficient (Wildman–Crippen LogP) is 2.22. The standard InChI is InChI=1S/C15H23NO3S/c1-3-4-5-8-20(17,18)14-9-11-6-7-12(19-2)10-13(11)15(14)16/h6-7,10,14-15H,3-5,8-9,16H2,1-2H3. The number of rotatable bonds is 6. The molecule has 2 unspecified atom stereocenters. The first-order chi connectivity index (χ1) is 9.49. The van der Waals surface area contributed by atoms with Gasteiger partial charge in [0.2, 0.25) is 0 Å². The largest absolute Gasteiger partial charge is 0.497 e. The molecule has 0 heterocycles. The Morgan fingerprint density at radius 1 is 1.35 bits per heavy atom. The second-order valence-electron chi connectivity index (χ2n) is 5.41. The molecule has 0 fully saturated rings. The van der Waals surface area contributed by atoms with Crippen molar-refractivity contribution in [2.75, 3.05) is 12.9 Å². The van der Waals surface area contributed by atoms with Crippen LogP contribution in [0.5, 0.6) is 5.75 Å². The Balaban J connectivity index is 2.17. The zero-order chi connectivity index (χ0) is 14.8. The van der Waals surface area contributed by atoms with Crippen LogP contribution in [0.15, 0.2) is 18.2 Å². The van der Waals surface area contributed by atoms with Crippen molar-refractivity contribution < 1.29 is 13.2 Å². The topological polar surface area (TPSA) is 69.4 Å². The monoisotopic (exact) mass is 297 g/mol. The van der Waals surface area contributed by atoms with E-state index >= 15 is 0 Å². The minimum atomic E-state index is -3.13. The Hall–Kier alpha value is -1.07. The van der Waals surface area contributed by atoms with E-state index in [2.05, 4.69) is 6.92 Å². The molecule has 112 valence electrons. The predicted molar refractivity (Wildman–Crippen MR) is 80.7 cm³/mol. The number of ether oxygens (including phenoxy) is 1. The van der Waals surface area contributed by atoms with E-state index in [1.54, 1.807) is 7.11 Å². The van der Waals surface area contributed by atoms with Gasteiger partial charge in [-0.25, -0.2) is 8.42 Å². The van der Waals surface area contributed by atoms with E-state index in [1.807, 2.05) is 18.2 Å². The summed E-state index contributed by atoms with van der Waals surface area (Å²) in [4.78, 5) is 0. The third kappa shape index (κ3) is 2.99. The number of nitrogens with two attached hydrogens (primary N) is 1. The van der Waals surface area contributed by atoms with Gasteiger partial charge in [-0.2, -0.15) is 0 Å². The smallest absolute Gasteiger partial charge is 0.155 e. The van der Waals surface area contributed by atoms with E-state index in [4.69, 9.17) is 10.5 Å². The fourth-order valence-electron chi connectivity index (χ4n) is 2.80. The van der Waals surface area contributed by atoms with Crippen LogP contribution in [0, 0.1) is 0 Å². The van der Waals surface area contributed by atoms with Crippen LogP contribution in [0.1, 0.15) is 43.4 Å². The highest BCUT2D eigenvalue weighted by Crippen LogP contribution is 2.36. The summed E-state index contributed by atoms with van der Waals surface area (Å²) in [6.45, 7) is 2.07. The lowest BCUT2D eigenvalue weighted by Crippen LogP contribution is -2.32. The first-order valence-electron chi connectivity index (χ1n) is 7.13. The van der Waals surface area contributed by atoms with Crippen LogP contribution < -0.4 is 10.5 Å². The lowest BCUT2D eigenvalue weighted by Gasteiger charge is -2.16. The molecule has 0 aliphatic heterocycles. The van der Waals surface area contributed by atoms with Gasteiger partial charge in [-0.1, -0.05) is 25.8 Å². The third-order valence-corrected chi connectivity index (χ3v) is 6.27. The Kier molecular flexibility index (Phi) is 4.70. The van der Waals surface area contributed by atoms with E-state index in [9.17, 15) is 8.42 Å². The molecule has 2 atom stereocenters. The SMILES string of the molecule is CCCCCS(=O)(=O)C1Cc2ccc(OC)cc2C1N. The zero-order valence-electron chi connectivity index (χ0n) is 12.1. The van der Waals surface area contributed by atoms with Crippen LogP contribution in [0.2, 0.25) is 0 Å². The van der Waals surface area contributed by atoms with E-state index < -0.39 is 21.1 Å². The highest BCUT2D eigenvalue weighted by Gasteiger charge is 2.38. The number of benzene rings is 1. The van der Waals surface area contributed by atoms with E-state index in [0.29, 0.717) is 6.42 Å². The van der Waals surface area contributed by atoms with E-state index in [0.717, 1.165) is 36.1 Å². The third-order valence-electron chi connectivity index (χ3n) is 4.03. The quantitative estimate of drug-likeness (QED) is 0.817. The summed E-state index contributed by atoms with van der Waals surface area (Å²) in [5.41, 5.74) is 8.11. The maximum absolute atomic E-state index is 12.4. The van der Waals surface area contributed by atoms with E-state index in [-0.39, 0.29) is 5.75 Å². The van der Waals surface area contributed by atoms with Gasteiger partial charge in [-0.05, 0) is 36.1 Å². The van der Waals surface area contributed by atoms with Gasteiger partial charge in [0, 0.05) is 6.04 Å². The average Bonchev–Trinajstić information content (AvgIpc) is 2.76. The minimum Gasteiger partial charge on any atom is -0.497 e. The van der Waals surface area contributed by atoms with Crippen molar-refractivity contribution in [3.63, 3.8) is 0 Å². The first-order valence-corrected chi connectivity index (χ1v) is 8.85. The molecule has 0 saturated heterocycles. The van der Waals surface area contributed by atoms with Crippen LogP contribution in [0.25, 0.3) is 0 Å². The molecule has 1 aromatic rings. The van der Waals surface area contributed by atoms with Crippen molar-refractivity contribution in [1.29, 1.82) is 0 Å². The summed E-state index contributed by atoms with van der Waals surface area (Å²) in [6.07, 6.45) is 3.21. The Morgan fingerprint density at radius 2 is 2.10 bits per heavy atom. The Bertz CT molecular complexity index is 568. The summed E-state index contributed by atoms with van der Waals surface area (Å²) in [7, 11) is -1.54. The molecule has 0 amide bonds. The number of fused-ring (bicyclic) bond motifs is 1. The molecule has 1 aliphatic rings. The fourth-order valence-corrected chi connectivity index (χ4v) is 4.73. The highest BCUT2D eigenvalue weighted by atomic mass is 32.2. The fraction of sp³-hybridized carbons (Fsp3) is 0.600. The molecule has 2 N–H and O–H groups in total. The normalized spacial score (nSPS) is 21.8. The van der Waals surface area contributed by atoms with Gasteiger partial charge in [-0.15, -0.1) is 0 Å². The molecule has 0 aromatic heterocycles. The molecular formula is C15H23NO3S. The molecule has 1 aromatic carbocycles. The van der Waals surface area contributed by atoms with Crippen LogP contribution >= 0.6 is 0 Å². The van der Waals surface area contributed by atoms with Crippen molar-refractivity contribution in [2.24, 2.45) is 5.73 Å². The second kappa shape index (κ2) is 6.14. The molecule has 5 heteroatoms. The minimum absolute atomic E-state index is 0.240. The second-order valence-corrected chi connectivity index (χ2v) is 7.75. The average molecular weight is 297 g/mol. The molecule has 1 aliphatic carbocycles. The number of hydrogen-bond acceptors (Lipinski definition) is 4. The van der Waals surface area contributed by atoms with Gasteiger partial charge in [0.15, 0.2) is 9.84 Å². The molecule has 4 nitrogen and oxygen atoms in total. The maximum Gasteiger partial charge on any atom is 0.155 e. The molecule has 2 rings (SSSR count). The molecule has 20 heavy (non-hydrogen) atoms. The first kappa shape index (κ1) is 15.3. The van der Waals surface area contributed by atoms with Gasteiger partial charge in [0.1, 0.15) is 5.75 Å². The maximum atomic E-state index is 12.4. The van der Waals surface area contributed by atoms with Gasteiger partial charge < -0.3 is 10.5 Å². The van der Waals surface area contributed by atoms with Gasteiger partial charge in [0.25, 0.3) is 0 Å². The Labute approximate surface area is 121 Å². The molecule has 0 saturated carbocycles. The van der Waals surface area contributed by atoms with Crippen LogP contribution in [0.4, 0.5) is 0 Å². The van der Waals surface area contributed by atoms with Gasteiger partial charge >= 0.3 is 0 Å². The van der Waals surface area contributed by atoms with Crippen LogP contribution in [0.3, 0.4) is 0 Å².